The second-order valence-corrected chi connectivity index (χ2v) is 7.85. The van der Waals surface area contributed by atoms with Crippen LogP contribution in [0, 0.1) is 0 Å². The number of aryl methyl sites for hydroxylation is 1. The molecule has 2 heterocycles. The molecule has 3 atom stereocenters. The molecule has 0 unspecified atom stereocenters. The van der Waals surface area contributed by atoms with Crippen LogP contribution in [0.5, 0.6) is 0 Å². The second kappa shape index (κ2) is 8.69. The van der Waals surface area contributed by atoms with Crippen LogP contribution in [-0.4, -0.2) is 51.1 Å². The van der Waals surface area contributed by atoms with Gasteiger partial charge in [0, 0.05) is 37.4 Å². The molecule has 1 aromatic heterocycles. The van der Waals surface area contributed by atoms with Gasteiger partial charge in [0.2, 0.25) is 5.60 Å². The number of carbonyl (C=O) groups excluding carboxylic acids is 2. The van der Waals surface area contributed by atoms with E-state index in [2.05, 4.69) is 0 Å². The summed E-state index contributed by atoms with van der Waals surface area (Å²) < 4.78 is 18.0. The summed E-state index contributed by atoms with van der Waals surface area (Å²) in [5, 5.41) is 21.2. The van der Waals surface area contributed by atoms with Crippen LogP contribution in [0.4, 0.5) is 0 Å². The molecule has 29 heavy (non-hydrogen) atoms. The molecule has 0 saturated heterocycles. The molecule has 0 radical (unpaired) electrons. The van der Waals surface area contributed by atoms with E-state index in [9.17, 15) is 19.8 Å². The Balaban J connectivity index is 2.17. The molecule has 0 aliphatic carbocycles. The first kappa shape index (κ1) is 23.1. The Kier molecular flexibility index (Phi) is 6.93. The van der Waals surface area contributed by atoms with Crippen molar-refractivity contribution in [1.82, 2.24) is 4.57 Å². The van der Waals surface area contributed by atoms with Gasteiger partial charge in [-0.1, -0.05) is 6.08 Å². The summed E-state index contributed by atoms with van der Waals surface area (Å²) in [6, 6.07) is 1.79. The van der Waals surface area contributed by atoms with Crippen molar-refractivity contribution in [3.05, 3.63) is 35.2 Å². The molecule has 8 heteroatoms. The Labute approximate surface area is 171 Å². The molecule has 1 aromatic rings. The van der Waals surface area contributed by atoms with Gasteiger partial charge in [-0.2, -0.15) is 0 Å². The van der Waals surface area contributed by atoms with Gasteiger partial charge in [0.15, 0.2) is 0 Å². The number of allylic oxidation sites excluding steroid dienone is 1. The van der Waals surface area contributed by atoms with E-state index in [1.807, 2.05) is 10.8 Å². The number of rotatable bonds is 8. The van der Waals surface area contributed by atoms with Crippen LogP contribution >= 0.6 is 0 Å². The zero-order chi connectivity index (χ0) is 22.0. The largest absolute Gasteiger partial charge is 0.458 e. The number of aromatic nitrogens is 1. The molecule has 0 aromatic carbocycles. The van der Waals surface area contributed by atoms with Gasteiger partial charge in [-0.05, 0) is 40.7 Å². The molecule has 0 spiro atoms. The number of esters is 2. The van der Waals surface area contributed by atoms with Gasteiger partial charge in [0.05, 0.1) is 11.8 Å². The van der Waals surface area contributed by atoms with Crippen molar-refractivity contribution >= 4 is 11.9 Å². The normalized spacial score (nSPS) is 20.0. The Morgan fingerprint density at radius 2 is 2.03 bits per heavy atom. The van der Waals surface area contributed by atoms with E-state index in [4.69, 9.17) is 14.2 Å². The summed E-state index contributed by atoms with van der Waals surface area (Å²) >= 11 is 0. The molecule has 1 aliphatic rings. The first-order valence-electron chi connectivity index (χ1n) is 9.63. The quantitative estimate of drug-likeness (QED) is 0.500. The third-order valence-corrected chi connectivity index (χ3v) is 5.58. The lowest BCUT2D eigenvalue weighted by Crippen LogP contribution is -2.63. The van der Waals surface area contributed by atoms with Gasteiger partial charge >= 0.3 is 11.9 Å². The first-order chi connectivity index (χ1) is 13.5. The van der Waals surface area contributed by atoms with Crippen molar-refractivity contribution in [3.63, 3.8) is 0 Å². The summed E-state index contributed by atoms with van der Waals surface area (Å²) in [4.78, 5) is 24.8. The van der Waals surface area contributed by atoms with Crippen LogP contribution in [0.1, 0.15) is 58.4 Å². The van der Waals surface area contributed by atoms with E-state index in [1.54, 1.807) is 26.0 Å². The molecule has 8 nitrogen and oxygen atoms in total. The molecule has 0 fully saturated rings. The van der Waals surface area contributed by atoms with Gasteiger partial charge in [-0.3, -0.25) is 0 Å². The molecule has 162 valence electrons. The van der Waals surface area contributed by atoms with Gasteiger partial charge in [-0.25, -0.2) is 9.59 Å². The summed E-state index contributed by atoms with van der Waals surface area (Å²) in [7, 11) is 1.33. The molecule has 2 N–H and O–H groups in total. The smallest absolute Gasteiger partial charge is 0.344 e. The topological polar surface area (TPSA) is 107 Å². The molecular formula is C21H31NO7. The van der Waals surface area contributed by atoms with Crippen molar-refractivity contribution in [2.45, 2.75) is 77.6 Å². The summed E-state index contributed by atoms with van der Waals surface area (Å²) in [6.45, 7) is 8.13. The van der Waals surface area contributed by atoms with Crippen LogP contribution in [0.2, 0.25) is 0 Å². The average Bonchev–Trinajstić information content (AvgIpc) is 3.26. The Morgan fingerprint density at radius 3 is 2.59 bits per heavy atom. The van der Waals surface area contributed by atoms with Crippen molar-refractivity contribution in [2.24, 2.45) is 0 Å². The highest BCUT2D eigenvalue weighted by Gasteiger charge is 2.55. The lowest BCUT2D eigenvalue weighted by molar-refractivity contribution is -0.218. The Morgan fingerprint density at radius 1 is 1.38 bits per heavy atom. The fourth-order valence-electron chi connectivity index (χ4n) is 3.42. The highest BCUT2D eigenvalue weighted by Crippen LogP contribution is 2.35. The maximum atomic E-state index is 12.7. The summed E-state index contributed by atoms with van der Waals surface area (Å²) in [5.74, 6) is -1.38. The van der Waals surface area contributed by atoms with Gasteiger partial charge in [0.1, 0.15) is 18.3 Å². The monoisotopic (exact) mass is 409 g/mol. The molecular weight excluding hydrogens is 378 g/mol. The Hall–Kier alpha value is -2.16. The minimum Gasteiger partial charge on any atom is -0.458 e. The number of hydrogen-bond donors (Lipinski definition) is 2. The highest BCUT2D eigenvalue weighted by molar-refractivity contribution is 5.87. The third-order valence-electron chi connectivity index (χ3n) is 5.58. The van der Waals surface area contributed by atoms with E-state index >= 15 is 0 Å². The Bertz CT molecular complexity index is 789. The van der Waals surface area contributed by atoms with E-state index in [1.165, 1.54) is 27.9 Å². The highest BCUT2D eigenvalue weighted by atomic mass is 16.6. The zero-order valence-corrected chi connectivity index (χ0v) is 17.9. The third kappa shape index (κ3) is 4.39. The van der Waals surface area contributed by atoms with Crippen molar-refractivity contribution < 1.29 is 34.0 Å². The van der Waals surface area contributed by atoms with Crippen molar-refractivity contribution in [3.8, 4) is 0 Å². The number of hydrogen-bond acceptors (Lipinski definition) is 7. The first-order valence-corrected chi connectivity index (χ1v) is 9.63. The molecule has 1 aliphatic heterocycles. The van der Waals surface area contributed by atoms with Gasteiger partial charge in [-0.15, -0.1) is 0 Å². The van der Waals surface area contributed by atoms with E-state index < -0.39 is 29.4 Å². The lowest BCUT2D eigenvalue weighted by Gasteiger charge is -2.39. The lowest BCUT2D eigenvalue weighted by atomic mass is 9.81. The zero-order valence-electron chi connectivity index (χ0n) is 17.9. The van der Waals surface area contributed by atoms with Crippen LogP contribution in [0.3, 0.4) is 0 Å². The fourth-order valence-corrected chi connectivity index (χ4v) is 3.42. The second-order valence-electron chi connectivity index (χ2n) is 7.85. The molecule has 0 amide bonds. The predicted molar refractivity (Wildman–Crippen MR) is 105 cm³/mol. The number of ether oxygens (including phenoxy) is 3. The number of fused-ring (bicyclic) bond motifs is 1. The van der Waals surface area contributed by atoms with Crippen molar-refractivity contribution in [2.75, 3.05) is 7.11 Å². The number of aliphatic hydroxyl groups is 2. The minimum absolute atomic E-state index is 0.132. The van der Waals surface area contributed by atoms with Crippen LogP contribution < -0.4 is 0 Å². The minimum atomic E-state index is -2.25. The van der Waals surface area contributed by atoms with Gasteiger partial charge < -0.3 is 29.0 Å². The predicted octanol–water partition coefficient (Wildman–Crippen LogP) is 2.02. The summed E-state index contributed by atoms with van der Waals surface area (Å²) in [6.07, 6.45) is 2.73. The van der Waals surface area contributed by atoms with Gasteiger partial charge in [0.25, 0.3) is 0 Å². The molecule has 0 saturated carbocycles. The molecule has 2 rings (SSSR count). The number of methoxy groups -OCH3 is 1. The maximum absolute atomic E-state index is 12.7. The molecule has 0 bridgehead atoms. The van der Waals surface area contributed by atoms with Crippen molar-refractivity contribution in [1.29, 1.82) is 0 Å². The van der Waals surface area contributed by atoms with E-state index in [0.717, 1.165) is 5.69 Å². The SMILES string of the molecule is C/C=C(\C)C(=O)O[C@H]1CCn2ccc(COC(=O)[C@@](O)([C@H](C)OC)C(C)(C)O)c21. The van der Waals surface area contributed by atoms with Crippen LogP contribution in [-0.2, 0) is 37.0 Å². The number of carbonyl (C=O) groups is 2. The summed E-state index contributed by atoms with van der Waals surface area (Å²) in [5.41, 5.74) is -2.08. The average molecular weight is 409 g/mol. The van der Waals surface area contributed by atoms with E-state index in [0.29, 0.717) is 24.1 Å². The van der Waals surface area contributed by atoms with E-state index in [-0.39, 0.29) is 12.6 Å². The van der Waals surface area contributed by atoms with Crippen LogP contribution in [0.25, 0.3) is 0 Å². The number of nitrogens with zero attached hydrogens (tertiary/aromatic N) is 1. The van der Waals surface area contributed by atoms with Crippen LogP contribution in [0.15, 0.2) is 23.9 Å². The maximum Gasteiger partial charge on any atom is 0.344 e. The fraction of sp³-hybridized carbons (Fsp3) is 0.619. The standard InChI is InChI=1S/C21H31NO7/c1-7-13(2)18(23)29-16-9-11-22-10-8-15(17(16)22)12-28-19(24)21(26,14(3)27-6)20(4,5)25/h7-8,10,14,16,25-26H,9,11-12H2,1-6H3/b13-7+/t14-,16-,21-/m0/s1.